The highest BCUT2D eigenvalue weighted by Gasteiger charge is 2.27. The summed E-state index contributed by atoms with van der Waals surface area (Å²) in [6, 6.07) is 0.224. The minimum absolute atomic E-state index is 0.224. The molecule has 0 aromatic heterocycles. The topological polar surface area (TPSA) is 12.0 Å². The van der Waals surface area contributed by atoms with E-state index in [9.17, 15) is 13.2 Å². The van der Waals surface area contributed by atoms with Crippen molar-refractivity contribution in [2.45, 2.75) is 58.2 Å². The van der Waals surface area contributed by atoms with Crippen molar-refractivity contribution in [1.82, 2.24) is 5.32 Å². The first-order valence-corrected chi connectivity index (χ1v) is 5.68. The highest BCUT2D eigenvalue weighted by molar-refractivity contribution is 4.73. The molecule has 0 heterocycles. The van der Waals surface area contributed by atoms with E-state index in [0.717, 1.165) is 12.8 Å². The van der Waals surface area contributed by atoms with Crippen molar-refractivity contribution < 1.29 is 13.2 Å². The average Bonchev–Trinajstić information content (AvgIpc) is 2.15. The van der Waals surface area contributed by atoms with Crippen LogP contribution in [0.25, 0.3) is 0 Å². The van der Waals surface area contributed by atoms with Crippen LogP contribution in [0.5, 0.6) is 0 Å². The molecule has 0 spiro atoms. The fourth-order valence-corrected chi connectivity index (χ4v) is 2.00. The molecule has 0 aliphatic heterocycles. The van der Waals surface area contributed by atoms with E-state index in [0.29, 0.717) is 12.3 Å². The van der Waals surface area contributed by atoms with E-state index < -0.39 is 12.6 Å². The minimum atomic E-state index is -4.01. The normalized spacial score (nSPS) is 14.6. The minimum Gasteiger partial charge on any atom is -0.317 e. The van der Waals surface area contributed by atoms with Crippen LogP contribution in [-0.2, 0) is 0 Å². The Morgan fingerprint density at radius 3 is 2.00 bits per heavy atom. The summed E-state index contributed by atoms with van der Waals surface area (Å²) in [5.41, 5.74) is 0. The molecule has 1 nitrogen and oxygen atoms in total. The molecule has 0 fully saturated rings. The maximum absolute atomic E-state index is 12.0. The average molecular weight is 225 g/mol. The molecule has 0 aliphatic rings. The number of hydrogen-bond acceptors (Lipinski definition) is 1. The second-order valence-electron chi connectivity index (χ2n) is 3.98. The van der Waals surface area contributed by atoms with Gasteiger partial charge in [-0.25, -0.2) is 0 Å². The molecule has 0 rings (SSSR count). The van der Waals surface area contributed by atoms with Crippen molar-refractivity contribution in [2.24, 2.45) is 5.92 Å². The number of halogens is 3. The zero-order chi connectivity index (χ0) is 11.9. The number of hydrogen-bond donors (Lipinski definition) is 1. The maximum Gasteiger partial charge on any atom is 0.389 e. The zero-order valence-electron chi connectivity index (χ0n) is 9.82. The van der Waals surface area contributed by atoms with E-state index in [1.807, 2.05) is 7.05 Å². The quantitative estimate of drug-likeness (QED) is 0.696. The van der Waals surface area contributed by atoms with Crippen LogP contribution in [0.2, 0.25) is 0 Å². The van der Waals surface area contributed by atoms with Crippen LogP contribution in [0.1, 0.15) is 46.0 Å². The van der Waals surface area contributed by atoms with Crippen LogP contribution in [0, 0.1) is 5.92 Å². The number of nitrogens with one attached hydrogen (secondary N) is 1. The molecule has 15 heavy (non-hydrogen) atoms. The lowest BCUT2D eigenvalue weighted by molar-refractivity contribution is -0.136. The van der Waals surface area contributed by atoms with Gasteiger partial charge in [0.15, 0.2) is 0 Å². The van der Waals surface area contributed by atoms with Crippen molar-refractivity contribution in [3.8, 4) is 0 Å². The monoisotopic (exact) mass is 225 g/mol. The number of alkyl halides is 3. The smallest absolute Gasteiger partial charge is 0.317 e. The van der Waals surface area contributed by atoms with Crippen molar-refractivity contribution >= 4 is 0 Å². The summed E-state index contributed by atoms with van der Waals surface area (Å²) in [7, 11) is 1.83. The Bertz CT molecular complexity index is 152. The standard InChI is InChI=1S/C11H22F3N/c1-4-9(5-2)10(15-3)7-6-8-11(12,13)14/h9-10,15H,4-8H2,1-3H3. The molecule has 0 aromatic carbocycles. The second kappa shape index (κ2) is 7.09. The Morgan fingerprint density at radius 1 is 1.13 bits per heavy atom. The molecule has 4 heteroatoms. The fourth-order valence-electron chi connectivity index (χ4n) is 2.00. The van der Waals surface area contributed by atoms with Crippen LogP contribution < -0.4 is 5.32 Å². The van der Waals surface area contributed by atoms with Gasteiger partial charge < -0.3 is 5.32 Å². The van der Waals surface area contributed by atoms with Crippen molar-refractivity contribution in [3.05, 3.63) is 0 Å². The number of rotatable bonds is 7. The van der Waals surface area contributed by atoms with Crippen molar-refractivity contribution in [3.63, 3.8) is 0 Å². The molecule has 1 N–H and O–H groups in total. The van der Waals surface area contributed by atoms with E-state index in [1.165, 1.54) is 0 Å². The van der Waals surface area contributed by atoms with Gasteiger partial charge in [-0.15, -0.1) is 0 Å². The van der Waals surface area contributed by atoms with Gasteiger partial charge >= 0.3 is 6.18 Å². The van der Waals surface area contributed by atoms with Crippen LogP contribution in [0.15, 0.2) is 0 Å². The lowest BCUT2D eigenvalue weighted by Gasteiger charge is -2.25. The first kappa shape index (κ1) is 14.8. The Kier molecular flexibility index (Phi) is 6.98. The Morgan fingerprint density at radius 2 is 1.67 bits per heavy atom. The van der Waals surface area contributed by atoms with Crippen LogP contribution >= 0.6 is 0 Å². The highest BCUT2D eigenvalue weighted by atomic mass is 19.4. The molecular weight excluding hydrogens is 203 g/mol. The van der Waals surface area contributed by atoms with Gasteiger partial charge in [0, 0.05) is 12.5 Å². The van der Waals surface area contributed by atoms with E-state index in [2.05, 4.69) is 19.2 Å². The molecule has 0 radical (unpaired) electrons. The molecule has 0 saturated heterocycles. The van der Waals surface area contributed by atoms with Crippen LogP contribution in [-0.4, -0.2) is 19.3 Å². The first-order valence-electron chi connectivity index (χ1n) is 5.68. The van der Waals surface area contributed by atoms with Crippen molar-refractivity contribution in [1.29, 1.82) is 0 Å². The Labute approximate surface area is 90.4 Å². The molecule has 0 aromatic rings. The predicted octanol–water partition coefficient (Wildman–Crippen LogP) is 3.74. The van der Waals surface area contributed by atoms with Gasteiger partial charge in [0.2, 0.25) is 0 Å². The zero-order valence-corrected chi connectivity index (χ0v) is 9.82. The predicted molar refractivity (Wildman–Crippen MR) is 56.8 cm³/mol. The molecule has 1 atom stereocenters. The van der Waals surface area contributed by atoms with Gasteiger partial charge in [-0.05, 0) is 25.8 Å². The van der Waals surface area contributed by atoms with Crippen molar-refractivity contribution in [2.75, 3.05) is 7.05 Å². The van der Waals surface area contributed by atoms with Gasteiger partial charge in [0.1, 0.15) is 0 Å². The molecule has 92 valence electrons. The summed E-state index contributed by atoms with van der Waals surface area (Å²) in [5, 5.41) is 3.12. The maximum atomic E-state index is 12.0. The summed E-state index contributed by atoms with van der Waals surface area (Å²) in [6.45, 7) is 4.17. The van der Waals surface area contributed by atoms with E-state index in [-0.39, 0.29) is 12.5 Å². The summed E-state index contributed by atoms with van der Waals surface area (Å²) in [5.74, 6) is 0.489. The van der Waals surface area contributed by atoms with E-state index in [4.69, 9.17) is 0 Å². The lowest BCUT2D eigenvalue weighted by Crippen LogP contribution is -2.33. The van der Waals surface area contributed by atoms with Crippen LogP contribution in [0.3, 0.4) is 0 Å². The summed E-state index contributed by atoms with van der Waals surface area (Å²) < 4.78 is 35.9. The highest BCUT2D eigenvalue weighted by Crippen LogP contribution is 2.25. The summed E-state index contributed by atoms with van der Waals surface area (Å²) in [6.07, 6.45) is -1.78. The molecule has 1 unspecified atom stereocenters. The third-order valence-corrected chi connectivity index (χ3v) is 2.96. The van der Waals surface area contributed by atoms with Gasteiger partial charge in [-0.1, -0.05) is 26.7 Å². The summed E-state index contributed by atoms with van der Waals surface area (Å²) >= 11 is 0. The molecule has 0 aliphatic carbocycles. The van der Waals surface area contributed by atoms with Crippen LogP contribution in [0.4, 0.5) is 13.2 Å². The third-order valence-electron chi connectivity index (χ3n) is 2.96. The molecule has 0 saturated carbocycles. The second-order valence-corrected chi connectivity index (χ2v) is 3.98. The first-order chi connectivity index (χ1) is 6.94. The van der Waals surface area contributed by atoms with Gasteiger partial charge in [0.05, 0.1) is 0 Å². The Balaban J connectivity index is 3.89. The van der Waals surface area contributed by atoms with E-state index in [1.54, 1.807) is 0 Å². The largest absolute Gasteiger partial charge is 0.389 e. The molecule has 0 bridgehead atoms. The fraction of sp³-hybridized carbons (Fsp3) is 1.00. The Hall–Kier alpha value is -0.250. The lowest BCUT2D eigenvalue weighted by atomic mass is 9.90. The molecular formula is C11H22F3N. The SMILES string of the molecule is CCC(CC)C(CCCC(F)(F)F)NC. The van der Waals surface area contributed by atoms with E-state index >= 15 is 0 Å². The van der Waals surface area contributed by atoms with Gasteiger partial charge in [-0.3, -0.25) is 0 Å². The van der Waals surface area contributed by atoms with Gasteiger partial charge in [-0.2, -0.15) is 13.2 Å². The summed E-state index contributed by atoms with van der Waals surface area (Å²) in [4.78, 5) is 0. The molecule has 0 amide bonds. The van der Waals surface area contributed by atoms with Gasteiger partial charge in [0.25, 0.3) is 0 Å². The third kappa shape index (κ3) is 6.77.